The number of carbonyl (C=O) groups is 3. The smallest absolute Gasteiger partial charge is 0.305 e. The largest absolute Gasteiger partial charge is 0.469 e. The number of rotatable bonds is 6. The molecule has 21 heavy (non-hydrogen) atoms. The van der Waals surface area contributed by atoms with Crippen molar-refractivity contribution >= 4 is 23.5 Å². The maximum atomic E-state index is 12.1. The third-order valence-corrected chi connectivity index (χ3v) is 2.90. The van der Waals surface area contributed by atoms with Crippen LogP contribution in [-0.4, -0.2) is 43.4 Å². The third kappa shape index (κ3) is 5.64. The van der Waals surface area contributed by atoms with Gasteiger partial charge < -0.3 is 15.0 Å². The Hall–Kier alpha value is -2.37. The molecule has 0 unspecified atom stereocenters. The highest BCUT2D eigenvalue weighted by molar-refractivity contribution is 5.95. The summed E-state index contributed by atoms with van der Waals surface area (Å²) in [5.41, 5.74) is 1.18. The second-order valence-corrected chi connectivity index (χ2v) is 4.66. The highest BCUT2D eigenvalue weighted by Crippen LogP contribution is 2.11. The molecule has 114 valence electrons. The van der Waals surface area contributed by atoms with Crippen molar-refractivity contribution in [2.24, 2.45) is 0 Å². The lowest BCUT2D eigenvalue weighted by Crippen LogP contribution is -2.28. The van der Waals surface area contributed by atoms with E-state index >= 15 is 0 Å². The Kier molecular flexibility index (Phi) is 6.39. The summed E-state index contributed by atoms with van der Waals surface area (Å²) >= 11 is 0. The zero-order valence-corrected chi connectivity index (χ0v) is 12.5. The summed E-state index contributed by atoms with van der Waals surface area (Å²) in [5, 5.41) is 2.64. The molecule has 1 N–H and O–H groups in total. The maximum Gasteiger partial charge on any atom is 0.305 e. The monoisotopic (exact) mass is 292 g/mol. The zero-order valence-electron chi connectivity index (χ0n) is 12.5. The van der Waals surface area contributed by atoms with E-state index in [1.165, 1.54) is 14.0 Å². The van der Waals surface area contributed by atoms with Gasteiger partial charge in [0.05, 0.1) is 7.11 Å². The summed E-state index contributed by atoms with van der Waals surface area (Å²) in [5.74, 6) is -0.571. The number of esters is 1. The molecule has 6 nitrogen and oxygen atoms in total. The lowest BCUT2D eigenvalue weighted by Gasteiger charge is -2.17. The normalized spacial score (nSPS) is 9.86. The van der Waals surface area contributed by atoms with Crippen molar-refractivity contribution in [2.45, 2.75) is 19.8 Å². The van der Waals surface area contributed by atoms with Crippen LogP contribution < -0.4 is 5.32 Å². The molecule has 1 aromatic rings. The molecule has 0 spiro atoms. The fourth-order valence-corrected chi connectivity index (χ4v) is 1.78. The van der Waals surface area contributed by atoms with Crippen LogP contribution >= 0.6 is 0 Å². The zero-order chi connectivity index (χ0) is 15.8. The molecule has 0 aliphatic heterocycles. The molecule has 0 bridgehead atoms. The van der Waals surface area contributed by atoms with E-state index < -0.39 is 0 Å². The van der Waals surface area contributed by atoms with Gasteiger partial charge in [-0.2, -0.15) is 0 Å². The molecule has 0 atom stereocenters. The number of hydrogen-bond donors (Lipinski definition) is 1. The summed E-state index contributed by atoms with van der Waals surface area (Å²) in [6.45, 7) is 1.90. The topological polar surface area (TPSA) is 75.7 Å². The van der Waals surface area contributed by atoms with E-state index in [9.17, 15) is 14.4 Å². The Bertz CT molecular complexity index is 511. The first-order valence-electron chi connectivity index (χ1n) is 6.64. The van der Waals surface area contributed by atoms with Crippen LogP contribution in [0, 0.1) is 0 Å². The summed E-state index contributed by atoms with van der Waals surface area (Å²) in [6.07, 6.45) is 0.842. The number of amides is 2. The van der Waals surface area contributed by atoms with Crippen LogP contribution in [-0.2, 0) is 14.3 Å². The average Bonchev–Trinajstić information content (AvgIpc) is 2.46. The molecule has 0 radical (unpaired) electrons. The van der Waals surface area contributed by atoms with Crippen LogP contribution in [0.1, 0.15) is 30.1 Å². The van der Waals surface area contributed by atoms with Crippen LogP contribution in [0.15, 0.2) is 24.3 Å². The van der Waals surface area contributed by atoms with Crippen LogP contribution in [0.3, 0.4) is 0 Å². The van der Waals surface area contributed by atoms with Crippen molar-refractivity contribution < 1.29 is 19.1 Å². The van der Waals surface area contributed by atoms with Gasteiger partial charge in [0.15, 0.2) is 0 Å². The lowest BCUT2D eigenvalue weighted by molar-refractivity contribution is -0.140. The number of ether oxygens (including phenoxy) is 1. The number of nitrogens with one attached hydrogen (secondary N) is 1. The highest BCUT2D eigenvalue weighted by Gasteiger charge is 2.12. The number of methoxy groups -OCH3 is 1. The van der Waals surface area contributed by atoms with E-state index in [2.05, 4.69) is 10.1 Å². The Morgan fingerprint density at radius 3 is 2.33 bits per heavy atom. The first-order valence-corrected chi connectivity index (χ1v) is 6.64. The standard InChI is InChI=1S/C15H20N2O4/c1-11(18)16-13-8-6-12(7-9-13)15(20)17(2)10-4-5-14(19)21-3/h6-9H,4-5,10H2,1-3H3,(H,16,18). The molecule has 0 saturated carbocycles. The van der Waals surface area contributed by atoms with Crippen molar-refractivity contribution in [1.82, 2.24) is 4.90 Å². The minimum absolute atomic E-state index is 0.130. The molecule has 6 heteroatoms. The van der Waals surface area contributed by atoms with Gasteiger partial charge in [0.1, 0.15) is 0 Å². The quantitative estimate of drug-likeness (QED) is 0.809. The van der Waals surface area contributed by atoms with Crippen molar-refractivity contribution in [2.75, 3.05) is 26.0 Å². The van der Waals surface area contributed by atoms with Gasteiger partial charge in [-0.05, 0) is 30.7 Å². The van der Waals surface area contributed by atoms with E-state index in [4.69, 9.17) is 0 Å². The maximum absolute atomic E-state index is 12.1. The van der Waals surface area contributed by atoms with Gasteiger partial charge in [-0.25, -0.2) is 0 Å². The fraction of sp³-hybridized carbons (Fsp3) is 0.400. The molecule has 0 saturated heterocycles. The van der Waals surface area contributed by atoms with E-state index in [-0.39, 0.29) is 24.2 Å². The average molecular weight is 292 g/mol. The number of hydrogen-bond acceptors (Lipinski definition) is 4. The van der Waals surface area contributed by atoms with E-state index in [0.717, 1.165) is 0 Å². The van der Waals surface area contributed by atoms with Crippen LogP contribution in [0.2, 0.25) is 0 Å². The molecule has 0 aromatic heterocycles. The molecular formula is C15H20N2O4. The number of carbonyl (C=O) groups excluding carboxylic acids is 3. The van der Waals surface area contributed by atoms with Gasteiger partial charge in [0.25, 0.3) is 5.91 Å². The Labute approximate surface area is 124 Å². The lowest BCUT2D eigenvalue weighted by atomic mass is 10.1. The molecule has 1 aromatic carbocycles. The van der Waals surface area contributed by atoms with Crippen molar-refractivity contribution in [3.05, 3.63) is 29.8 Å². The number of anilines is 1. The molecule has 0 heterocycles. The summed E-state index contributed by atoms with van der Waals surface area (Å²) in [7, 11) is 3.02. The molecular weight excluding hydrogens is 272 g/mol. The van der Waals surface area contributed by atoms with E-state index in [1.54, 1.807) is 36.2 Å². The van der Waals surface area contributed by atoms with Crippen LogP contribution in [0.5, 0.6) is 0 Å². The Morgan fingerprint density at radius 2 is 1.81 bits per heavy atom. The van der Waals surface area contributed by atoms with Crippen molar-refractivity contribution in [1.29, 1.82) is 0 Å². The molecule has 0 aliphatic rings. The predicted molar refractivity (Wildman–Crippen MR) is 79.0 cm³/mol. The second-order valence-electron chi connectivity index (χ2n) is 4.66. The van der Waals surface area contributed by atoms with Crippen LogP contribution in [0.4, 0.5) is 5.69 Å². The highest BCUT2D eigenvalue weighted by atomic mass is 16.5. The molecule has 2 amide bonds. The van der Waals surface area contributed by atoms with E-state index in [1.807, 2.05) is 0 Å². The fourth-order valence-electron chi connectivity index (χ4n) is 1.78. The second kappa shape index (κ2) is 8.04. The SMILES string of the molecule is COC(=O)CCCN(C)C(=O)c1ccc(NC(C)=O)cc1. The van der Waals surface area contributed by atoms with Gasteiger partial charge in [-0.1, -0.05) is 0 Å². The molecule has 0 aliphatic carbocycles. The third-order valence-electron chi connectivity index (χ3n) is 2.90. The van der Waals surface area contributed by atoms with Crippen molar-refractivity contribution in [3.8, 4) is 0 Å². The predicted octanol–water partition coefficient (Wildman–Crippen LogP) is 1.67. The van der Waals surface area contributed by atoms with Gasteiger partial charge in [0, 0.05) is 38.2 Å². The van der Waals surface area contributed by atoms with Gasteiger partial charge in [0.2, 0.25) is 5.91 Å². The summed E-state index contributed by atoms with van der Waals surface area (Å²) in [6, 6.07) is 6.67. The van der Waals surface area contributed by atoms with Gasteiger partial charge in [-0.15, -0.1) is 0 Å². The summed E-state index contributed by atoms with van der Waals surface area (Å²) in [4.78, 5) is 35.6. The first kappa shape index (κ1) is 16.7. The Morgan fingerprint density at radius 1 is 1.19 bits per heavy atom. The first-order chi connectivity index (χ1) is 9.93. The van der Waals surface area contributed by atoms with Crippen LogP contribution in [0.25, 0.3) is 0 Å². The minimum atomic E-state index is -0.282. The van der Waals surface area contributed by atoms with Gasteiger partial charge in [-0.3, -0.25) is 14.4 Å². The number of nitrogens with zero attached hydrogens (tertiary/aromatic N) is 1. The van der Waals surface area contributed by atoms with Gasteiger partial charge >= 0.3 is 5.97 Å². The van der Waals surface area contributed by atoms with E-state index in [0.29, 0.717) is 24.2 Å². The summed E-state index contributed by atoms with van der Waals surface area (Å²) < 4.78 is 4.55. The minimum Gasteiger partial charge on any atom is -0.469 e. The number of benzene rings is 1. The Balaban J connectivity index is 2.53. The molecule has 0 fully saturated rings. The molecule has 1 rings (SSSR count). The van der Waals surface area contributed by atoms with Crippen molar-refractivity contribution in [3.63, 3.8) is 0 Å².